The van der Waals surface area contributed by atoms with Gasteiger partial charge in [-0.25, -0.2) is 0 Å². The van der Waals surface area contributed by atoms with Gasteiger partial charge in [-0.15, -0.1) is 12.4 Å². The van der Waals surface area contributed by atoms with Gasteiger partial charge in [-0.05, 0) is 30.0 Å². The Morgan fingerprint density at radius 2 is 2.24 bits per heavy atom. The minimum Gasteiger partial charge on any atom is -0.427 e. The second-order valence-corrected chi connectivity index (χ2v) is 4.45. The Kier molecular flexibility index (Phi) is 4.97. The minimum absolute atomic E-state index is 0. The molecule has 0 heterocycles. The van der Waals surface area contributed by atoms with E-state index in [1.54, 1.807) is 6.07 Å². The van der Waals surface area contributed by atoms with E-state index in [4.69, 9.17) is 10.5 Å². The van der Waals surface area contributed by atoms with Crippen molar-refractivity contribution in [1.82, 2.24) is 0 Å². The molecular formula is C13H18ClNO2. The summed E-state index contributed by atoms with van der Waals surface area (Å²) < 4.78 is 5.03. The zero-order chi connectivity index (χ0) is 11.5. The van der Waals surface area contributed by atoms with Crippen molar-refractivity contribution in [3.05, 3.63) is 29.8 Å². The molecule has 94 valence electrons. The van der Waals surface area contributed by atoms with Crippen LogP contribution in [0.5, 0.6) is 5.75 Å². The maximum Gasteiger partial charge on any atom is 0.308 e. The molecule has 1 fully saturated rings. The number of rotatable bonds is 4. The number of hydrogen-bond acceptors (Lipinski definition) is 3. The van der Waals surface area contributed by atoms with Gasteiger partial charge in [0, 0.05) is 13.0 Å². The molecule has 1 saturated carbocycles. The first-order valence-electron chi connectivity index (χ1n) is 5.69. The third-order valence-electron chi connectivity index (χ3n) is 2.83. The molecule has 1 atom stereocenters. The van der Waals surface area contributed by atoms with Crippen LogP contribution in [0.1, 0.15) is 37.8 Å². The second-order valence-electron chi connectivity index (χ2n) is 4.45. The number of benzene rings is 1. The number of nitrogens with two attached hydrogens (primary N) is 1. The first kappa shape index (κ1) is 14.0. The number of esters is 1. The van der Waals surface area contributed by atoms with Crippen LogP contribution in [0.25, 0.3) is 0 Å². The number of ether oxygens (including phenoxy) is 1. The van der Waals surface area contributed by atoms with Gasteiger partial charge < -0.3 is 10.5 Å². The molecule has 2 rings (SSSR count). The molecule has 0 spiro atoms. The Hall–Kier alpha value is -1.06. The zero-order valence-corrected chi connectivity index (χ0v) is 10.7. The monoisotopic (exact) mass is 255 g/mol. The molecule has 1 aliphatic rings. The molecule has 0 unspecified atom stereocenters. The molecule has 0 aliphatic heterocycles. The summed E-state index contributed by atoms with van der Waals surface area (Å²) in [5.41, 5.74) is 7.14. The van der Waals surface area contributed by atoms with E-state index in [1.807, 2.05) is 18.2 Å². The van der Waals surface area contributed by atoms with Crippen LogP contribution in [0.3, 0.4) is 0 Å². The lowest BCUT2D eigenvalue weighted by atomic mass is 10.0. The van der Waals surface area contributed by atoms with E-state index in [-0.39, 0.29) is 24.4 Å². The van der Waals surface area contributed by atoms with Crippen LogP contribution in [0, 0.1) is 5.92 Å². The van der Waals surface area contributed by atoms with Gasteiger partial charge in [0.2, 0.25) is 0 Å². The average molecular weight is 256 g/mol. The molecule has 0 bridgehead atoms. The Bertz CT molecular complexity index is 391. The van der Waals surface area contributed by atoms with Crippen molar-refractivity contribution in [2.75, 3.05) is 0 Å². The Morgan fingerprint density at radius 3 is 2.82 bits per heavy atom. The number of carbonyl (C=O) groups is 1. The van der Waals surface area contributed by atoms with Gasteiger partial charge in [-0.2, -0.15) is 0 Å². The van der Waals surface area contributed by atoms with E-state index >= 15 is 0 Å². The molecule has 1 aromatic rings. The van der Waals surface area contributed by atoms with Crippen LogP contribution in [-0.2, 0) is 4.79 Å². The molecule has 0 radical (unpaired) electrons. The highest BCUT2D eigenvalue weighted by atomic mass is 35.5. The summed E-state index contributed by atoms with van der Waals surface area (Å²) in [5.74, 6) is 1.08. The third-order valence-corrected chi connectivity index (χ3v) is 2.83. The summed E-state index contributed by atoms with van der Waals surface area (Å²) in [6.45, 7) is 1.40. The van der Waals surface area contributed by atoms with Crippen molar-refractivity contribution in [2.24, 2.45) is 11.7 Å². The van der Waals surface area contributed by atoms with Gasteiger partial charge in [0.05, 0.1) is 0 Å². The van der Waals surface area contributed by atoms with E-state index in [9.17, 15) is 4.79 Å². The van der Waals surface area contributed by atoms with Gasteiger partial charge in [0.15, 0.2) is 0 Å². The standard InChI is InChI=1S/C13H17NO2.ClH/c1-9(15)16-12-4-2-3-11(8-12)13(14)7-10-5-6-10;/h2-4,8,10,13H,5-7,14H2,1H3;1H/t13-;/m0./s1. The Labute approximate surface area is 108 Å². The lowest BCUT2D eigenvalue weighted by Gasteiger charge is -2.12. The summed E-state index contributed by atoms with van der Waals surface area (Å²) >= 11 is 0. The predicted octanol–water partition coefficient (Wildman–Crippen LogP) is 2.83. The number of halogens is 1. The van der Waals surface area contributed by atoms with Crippen LogP contribution in [-0.4, -0.2) is 5.97 Å². The summed E-state index contributed by atoms with van der Waals surface area (Å²) in [5, 5.41) is 0. The first-order chi connectivity index (χ1) is 7.65. The Morgan fingerprint density at radius 1 is 1.53 bits per heavy atom. The normalized spacial score (nSPS) is 15.9. The van der Waals surface area contributed by atoms with Gasteiger partial charge in [0.1, 0.15) is 5.75 Å². The highest BCUT2D eigenvalue weighted by Gasteiger charge is 2.24. The summed E-state index contributed by atoms with van der Waals surface area (Å²) in [6.07, 6.45) is 3.64. The first-order valence-corrected chi connectivity index (χ1v) is 5.69. The predicted molar refractivity (Wildman–Crippen MR) is 69.3 cm³/mol. The minimum atomic E-state index is -0.298. The van der Waals surface area contributed by atoms with E-state index in [1.165, 1.54) is 19.8 Å². The quantitative estimate of drug-likeness (QED) is 0.665. The highest BCUT2D eigenvalue weighted by Crippen LogP contribution is 2.37. The maximum atomic E-state index is 10.8. The summed E-state index contributed by atoms with van der Waals surface area (Å²) in [4.78, 5) is 10.8. The lowest BCUT2D eigenvalue weighted by Crippen LogP contribution is -2.11. The Balaban J connectivity index is 0.00000144. The zero-order valence-electron chi connectivity index (χ0n) is 9.89. The lowest BCUT2D eigenvalue weighted by molar-refractivity contribution is -0.131. The van der Waals surface area contributed by atoms with E-state index in [2.05, 4.69) is 0 Å². The largest absolute Gasteiger partial charge is 0.427 e. The number of carbonyl (C=O) groups excluding carboxylic acids is 1. The fraction of sp³-hybridized carbons (Fsp3) is 0.462. The molecule has 1 aliphatic carbocycles. The molecule has 0 aromatic heterocycles. The third kappa shape index (κ3) is 4.36. The maximum absolute atomic E-state index is 10.8. The van der Waals surface area contributed by atoms with Crippen LogP contribution < -0.4 is 10.5 Å². The molecule has 3 nitrogen and oxygen atoms in total. The second kappa shape index (κ2) is 6.03. The molecule has 0 saturated heterocycles. The van der Waals surface area contributed by atoms with Crippen molar-refractivity contribution < 1.29 is 9.53 Å². The SMILES string of the molecule is CC(=O)Oc1cccc([C@@H](N)CC2CC2)c1.Cl. The van der Waals surface area contributed by atoms with Crippen molar-refractivity contribution in [1.29, 1.82) is 0 Å². The van der Waals surface area contributed by atoms with E-state index in [0.29, 0.717) is 5.75 Å². The van der Waals surface area contributed by atoms with Gasteiger partial charge in [0.25, 0.3) is 0 Å². The molecule has 2 N–H and O–H groups in total. The highest BCUT2D eigenvalue weighted by molar-refractivity contribution is 5.85. The fourth-order valence-electron chi connectivity index (χ4n) is 1.82. The topological polar surface area (TPSA) is 52.3 Å². The van der Waals surface area contributed by atoms with Gasteiger partial charge in [-0.1, -0.05) is 25.0 Å². The smallest absolute Gasteiger partial charge is 0.308 e. The van der Waals surface area contributed by atoms with Crippen molar-refractivity contribution >= 4 is 18.4 Å². The van der Waals surface area contributed by atoms with Crippen molar-refractivity contribution in [3.8, 4) is 5.75 Å². The fourth-order valence-corrected chi connectivity index (χ4v) is 1.82. The molecule has 4 heteroatoms. The van der Waals surface area contributed by atoms with Crippen LogP contribution in [0.15, 0.2) is 24.3 Å². The van der Waals surface area contributed by atoms with Gasteiger partial charge >= 0.3 is 5.97 Å². The van der Waals surface area contributed by atoms with Crippen LogP contribution in [0.2, 0.25) is 0 Å². The molecule has 0 amide bonds. The van der Waals surface area contributed by atoms with E-state index in [0.717, 1.165) is 17.9 Å². The summed E-state index contributed by atoms with van der Waals surface area (Å²) in [6, 6.07) is 7.55. The van der Waals surface area contributed by atoms with Crippen LogP contribution in [0.4, 0.5) is 0 Å². The molecule has 1 aromatic carbocycles. The average Bonchev–Trinajstić information content (AvgIpc) is 3.01. The number of hydrogen-bond donors (Lipinski definition) is 1. The van der Waals surface area contributed by atoms with E-state index < -0.39 is 0 Å². The molecule has 17 heavy (non-hydrogen) atoms. The molecular weight excluding hydrogens is 238 g/mol. The van der Waals surface area contributed by atoms with Crippen molar-refractivity contribution in [2.45, 2.75) is 32.2 Å². The van der Waals surface area contributed by atoms with Crippen LogP contribution >= 0.6 is 12.4 Å². The van der Waals surface area contributed by atoms with Crippen molar-refractivity contribution in [3.63, 3.8) is 0 Å². The van der Waals surface area contributed by atoms with Gasteiger partial charge in [-0.3, -0.25) is 4.79 Å². The summed E-state index contributed by atoms with van der Waals surface area (Å²) in [7, 11) is 0.